The third kappa shape index (κ3) is 3.76. The number of carbonyl (C=O) groups excluding carboxylic acids is 1. The Balaban J connectivity index is 1.49. The van der Waals surface area contributed by atoms with Gasteiger partial charge in [-0.05, 0) is 55.7 Å². The van der Waals surface area contributed by atoms with Gasteiger partial charge in [-0.3, -0.25) is 14.6 Å². The molecule has 1 aliphatic rings. The van der Waals surface area contributed by atoms with E-state index in [2.05, 4.69) is 15.0 Å². The van der Waals surface area contributed by atoms with Crippen LogP contribution in [-0.4, -0.2) is 34.5 Å². The van der Waals surface area contributed by atoms with Gasteiger partial charge < -0.3 is 14.6 Å². The first-order valence-corrected chi connectivity index (χ1v) is 9.54. The number of aryl methyl sites for hydroxylation is 1. The maximum absolute atomic E-state index is 12.8. The van der Waals surface area contributed by atoms with Crippen LogP contribution in [0.5, 0.6) is 5.75 Å². The average molecular weight is 390 g/mol. The number of ether oxygens (including phenoxy) is 1. The number of nitrogens with one attached hydrogen (secondary N) is 1. The molecule has 1 N–H and O–H groups in total. The lowest BCUT2D eigenvalue weighted by atomic mass is 10.1. The van der Waals surface area contributed by atoms with Gasteiger partial charge in [-0.15, -0.1) is 0 Å². The lowest BCUT2D eigenvalue weighted by molar-refractivity contribution is -0.118. The molecule has 1 amide bonds. The largest absolute Gasteiger partial charge is 0.497 e. The first kappa shape index (κ1) is 18.9. The van der Waals surface area contributed by atoms with Crippen molar-refractivity contribution in [3.8, 4) is 17.1 Å². The fourth-order valence-corrected chi connectivity index (χ4v) is 3.68. The summed E-state index contributed by atoms with van der Waals surface area (Å²) in [6, 6.07) is 9.38. The van der Waals surface area contributed by atoms with Crippen molar-refractivity contribution in [2.75, 3.05) is 18.6 Å². The van der Waals surface area contributed by atoms with Crippen molar-refractivity contribution in [1.29, 1.82) is 0 Å². The van der Waals surface area contributed by atoms with E-state index in [0.717, 1.165) is 29.0 Å². The molecule has 1 aliphatic heterocycles. The Labute approximate surface area is 168 Å². The number of pyridine rings is 1. The van der Waals surface area contributed by atoms with Crippen LogP contribution in [0.4, 0.5) is 5.69 Å². The first-order chi connectivity index (χ1) is 14.1. The summed E-state index contributed by atoms with van der Waals surface area (Å²) in [6.07, 6.45) is 4.73. The Hall–Kier alpha value is -3.48. The van der Waals surface area contributed by atoms with E-state index in [-0.39, 0.29) is 17.9 Å². The van der Waals surface area contributed by atoms with Crippen molar-refractivity contribution in [2.45, 2.75) is 26.2 Å². The molecule has 7 nitrogen and oxygen atoms in total. The number of anilines is 1. The van der Waals surface area contributed by atoms with E-state index < -0.39 is 0 Å². The molecule has 3 aromatic rings. The fourth-order valence-electron chi connectivity index (χ4n) is 3.68. The van der Waals surface area contributed by atoms with E-state index in [1.807, 2.05) is 24.3 Å². The molecule has 0 radical (unpaired) electrons. The molecule has 7 heteroatoms. The third-order valence-corrected chi connectivity index (χ3v) is 5.23. The van der Waals surface area contributed by atoms with Crippen molar-refractivity contribution in [1.82, 2.24) is 15.0 Å². The third-order valence-electron chi connectivity index (χ3n) is 5.23. The molecule has 1 aromatic carbocycles. The Morgan fingerprint density at radius 2 is 2.17 bits per heavy atom. The zero-order valence-corrected chi connectivity index (χ0v) is 16.4. The number of aromatic amines is 1. The van der Waals surface area contributed by atoms with Gasteiger partial charge in [0.2, 0.25) is 5.91 Å². The summed E-state index contributed by atoms with van der Waals surface area (Å²) in [5.41, 5.74) is 3.74. The molecule has 3 heterocycles. The van der Waals surface area contributed by atoms with Crippen LogP contribution in [0.2, 0.25) is 0 Å². The lowest BCUT2D eigenvalue weighted by Gasteiger charge is -2.17. The van der Waals surface area contributed by atoms with Gasteiger partial charge in [0.15, 0.2) is 0 Å². The normalized spacial score (nSPS) is 12.7. The molecule has 148 valence electrons. The molecule has 0 atom stereocenters. The van der Waals surface area contributed by atoms with Crippen molar-refractivity contribution in [3.05, 3.63) is 69.9 Å². The van der Waals surface area contributed by atoms with Crippen molar-refractivity contribution >= 4 is 11.6 Å². The molecule has 0 aliphatic carbocycles. The lowest BCUT2D eigenvalue weighted by Crippen LogP contribution is -2.30. The number of nitrogens with zero attached hydrogens (tertiary/aromatic N) is 3. The van der Waals surface area contributed by atoms with Crippen LogP contribution in [0.25, 0.3) is 11.4 Å². The quantitative estimate of drug-likeness (QED) is 0.724. The molecule has 0 bridgehead atoms. The summed E-state index contributed by atoms with van der Waals surface area (Å²) in [4.78, 5) is 38.5. The molecule has 4 rings (SSSR count). The van der Waals surface area contributed by atoms with Crippen molar-refractivity contribution in [2.24, 2.45) is 0 Å². The number of amides is 1. The zero-order chi connectivity index (χ0) is 20.4. The predicted octanol–water partition coefficient (Wildman–Crippen LogP) is 2.67. The topological polar surface area (TPSA) is 88.2 Å². The van der Waals surface area contributed by atoms with E-state index in [0.29, 0.717) is 30.0 Å². The number of rotatable bonds is 5. The highest BCUT2D eigenvalue weighted by molar-refractivity contribution is 5.95. The zero-order valence-electron chi connectivity index (χ0n) is 16.4. The second kappa shape index (κ2) is 7.87. The number of hydrogen-bond donors (Lipinski definition) is 1. The maximum atomic E-state index is 12.8. The van der Waals surface area contributed by atoms with Crippen LogP contribution >= 0.6 is 0 Å². The first-order valence-electron chi connectivity index (χ1n) is 9.54. The summed E-state index contributed by atoms with van der Waals surface area (Å²) in [6.45, 7) is 2.45. The molecular formula is C22H22N4O3. The van der Waals surface area contributed by atoms with Crippen molar-refractivity contribution in [3.63, 3.8) is 0 Å². The number of fused-ring (bicyclic) bond motifs is 1. The van der Waals surface area contributed by atoms with Gasteiger partial charge in [0, 0.05) is 47.9 Å². The van der Waals surface area contributed by atoms with E-state index in [9.17, 15) is 9.59 Å². The van der Waals surface area contributed by atoms with Gasteiger partial charge in [0.25, 0.3) is 5.56 Å². The second-order valence-corrected chi connectivity index (χ2v) is 7.01. The minimum atomic E-state index is -0.212. The van der Waals surface area contributed by atoms with Crippen LogP contribution in [-0.2, 0) is 17.6 Å². The smallest absolute Gasteiger partial charge is 0.254 e. The molecule has 0 spiro atoms. The molecule has 0 saturated carbocycles. The van der Waals surface area contributed by atoms with Crippen LogP contribution in [0, 0.1) is 6.92 Å². The van der Waals surface area contributed by atoms with Gasteiger partial charge in [0.1, 0.15) is 11.6 Å². The molecule has 2 aromatic heterocycles. The maximum Gasteiger partial charge on any atom is 0.254 e. The SMILES string of the molecule is COc1ccc2c(c1)CCN2C(=O)CCc1c(C)nc(-c2cccnc2)[nH]c1=O. The number of methoxy groups -OCH3 is 1. The molecular weight excluding hydrogens is 368 g/mol. The second-order valence-electron chi connectivity index (χ2n) is 7.01. The van der Waals surface area contributed by atoms with Gasteiger partial charge >= 0.3 is 0 Å². The number of hydrogen-bond acceptors (Lipinski definition) is 5. The highest BCUT2D eigenvalue weighted by Gasteiger charge is 2.25. The summed E-state index contributed by atoms with van der Waals surface area (Å²) in [5.74, 6) is 1.28. The minimum Gasteiger partial charge on any atom is -0.497 e. The summed E-state index contributed by atoms with van der Waals surface area (Å²) >= 11 is 0. The highest BCUT2D eigenvalue weighted by atomic mass is 16.5. The molecule has 0 saturated heterocycles. The fraction of sp³-hybridized carbons (Fsp3) is 0.273. The molecule has 0 unspecified atom stereocenters. The summed E-state index contributed by atoms with van der Waals surface area (Å²) in [7, 11) is 1.63. The highest BCUT2D eigenvalue weighted by Crippen LogP contribution is 2.31. The van der Waals surface area contributed by atoms with Gasteiger partial charge in [-0.1, -0.05) is 0 Å². The van der Waals surface area contributed by atoms with E-state index in [1.54, 1.807) is 37.4 Å². The van der Waals surface area contributed by atoms with Crippen LogP contribution in [0.15, 0.2) is 47.5 Å². The number of carbonyl (C=O) groups is 1. The number of aromatic nitrogens is 3. The standard InChI is InChI=1S/C22H22N4O3/c1-14-18(22(28)25-21(24-14)16-4-3-10-23-13-16)6-8-20(27)26-11-9-15-12-17(29-2)5-7-19(15)26/h3-5,7,10,12-13H,6,8-9,11H2,1-2H3,(H,24,25,28). The molecule has 0 fully saturated rings. The van der Waals surface area contributed by atoms with Gasteiger partial charge in [-0.25, -0.2) is 4.98 Å². The monoisotopic (exact) mass is 390 g/mol. The Morgan fingerprint density at radius 1 is 1.31 bits per heavy atom. The van der Waals surface area contributed by atoms with Gasteiger partial charge in [0.05, 0.1) is 7.11 Å². The number of benzene rings is 1. The van der Waals surface area contributed by atoms with E-state index >= 15 is 0 Å². The number of H-pyrrole nitrogens is 1. The average Bonchev–Trinajstić information content (AvgIpc) is 3.16. The van der Waals surface area contributed by atoms with Crippen LogP contribution in [0.3, 0.4) is 0 Å². The minimum absolute atomic E-state index is 0.00375. The van der Waals surface area contributed by atoms with Crippen LogP contribution < -0.4 is 15.2 Å². The van der Waals surface area contributed by atoms with E-state index in [4.69, 9.17) is 4.74 Å². The summed E-state index contributed by atoms with van der Waals surface area (Å²) < 4.78 is 5.26. The predicted molar refractivity (Wildman–Crippen MR) is 110 cm³/mol. The Morgan fingerprint density at radius 3 is 2.90 bits per heavy atom. The summed E-state index contributed by atoms with van der Waals surface area (Å²) in [5, 5.41) is 0. The van der Waals surface area contributed by atoms with Gasteiger partial charge in [-0.2, -0.15) is 0 Å². The van der Waals surface area contributed by atoms with Crippen LogP contribution in [0.1, 0.15) is 23.2 Å². The van der Waals surface area contributed by atoms with E-state index in [1.165, 1.54) is 0 Å². The molecule has 29 heavy (non-hydrogen) atoms. The van der Waals surface area contributed by atoms with Crippen molar-refractivity contribution < 1.29 is 9.53 Å². The Kier molecular flexibility index (Phi) is 5.12. The Bertz CT molecular complexity index is 1110.